The average Bonchev–Trinajstić information content (AvgIpc) is 2.18. The van der Waals surface area contributed by atoms with Crippen LogP contribution in [0.25, 0.3) is 10.9 Å². The standard InChI is InChI=1S/C12H13NO.H2/c1-8(2)10-7-13-11-6-4-3-5-9(11)12(10)14;/h3-8H,1-2H3,(H,13,14);1H. The first-order chi connectivity index (χ1) is 6.70. The van der Waals surface area contributed by atoms with Crippen molar-refractivity contribution >= 4 is 10.9 Å². The normalized spacial score (nSPS) is 11.1. The van der Waals surface area contributed by atoms with Crippen molar-refractivity contribution in [3.8, 4) is 0 Å². The minimum atomic E-state index is 0. The first kappa shape index (κ1) is 9.00. The summed E-state index contributed by atoms with van der Waals surface area (Å²) in [6.07, 6.45) is 1.81. The number of aromatic nitrogens is 1. The molecule has 0 saturated carbocycles. The average molecular weight is 189 g/mol. The Morgan fingerprint density at radius 1 is 1.29 bits per heavy atom. The van der Waals surface area contributed by atoms with Crippen LogP contribution in [0.15, 0.2) is 35.3 Å². The highest BCUT2D eigenvalue weighted by Gasteiger charge is 2.06. The molecule has 74 valence electrons. The van der Waals surface area contributed by atoms with E-state index in [4.69, 9.17) is 0 Å². The third-order valence-electron chi connectivity index (χ3n) is 2.44. The lowest BCUT2D eigenvalue weighted by atomic mass is 10.0. The van der Waals surface area contributed by atoms with Crippen LogP contribution >= 0.6 is 0 Å². The first-order valence-electron chi connectivity index (χ1n) is 4.80. The molecule has 1 heterocycles. The first-order valence-corrected chi connectivity index (χ1v) is 4.80. The molecule has 0 aliphatic rings. The third-order valence-corrected chi connectivity index (χ3v) is 2.44. The summed E-state index contributed by atoms with van der Waals surface area (Å²) in [5.74, 6) is 0.267. The number of hydrogen-bond acceptors (Lipinski definition) is 1. The third kappa shape index (κ3) is 1.33. The molecule has 0 saturated heterocycles. The second kappa shape index (κ2) is 3.29. The van der Waals surface area contributed by atoms with Crippen molar-refractivity contribution in [2.75, 3.05) is 0 Å². The van der Waals surface area contributed by atoms with E-state index in [9.17, 15) is 4.79 Å². The van der Waals surface area contributed by atoms with Gasteiger partial charge in [0.2, 0.25) is 0 Å². The van der Waals surface area contributed by atoms with Crippen LogP contribution in [0.4, 0.5) is 0 Å². The van der Waals surface area contributed by atoms with Crippen LogP contribution < -0.4 is 5.43 Å². The maximum Gasteiger partial charge on any atom is 0.192 e. The van der Waals surface area contributed by atoms with Crippen molar-refractivity contribution in [2.24, 2.45) is 0 Å². The Hall–Kier alpha value is -1.57. The quantitative estimate of drug-likeness (QED) is 0.735. The molecule has 2 aromatic rings. The van der Waals surface area contributed by atoms with Crippen molar-refractivity contribution in [2.45, 2.75) is 19.8 Å². The summed E-state index contributed by atoms with van der Waals surface area (Å²) < 4.78 is 0. The van der Waals surface area contributed by atoms with E-state index in [2.05, 4.69) is 4.98 Å². The molecule has 1 N–H and O–H groups in total. The van der Waals surface area contributed by atoms with E-state index in [1.807, 2.05) is 44.3 Å². The lowest BCUT2D eigenvalue weighted by Gasteiger charge is -2.05. The highest BCUT2D eigenvalue weighted by atomic mass is 16.1. The van der Waals surface area contributed by atoms with Crippen molar-refractivity contribution in [1.29, 1.82) is 0 Å². The predicted molar refractivity (Wildman–Crippen MR) is 60.8 cm³/mol. The van der Waals surface area contributed by atoms with E-state index in [0.717, 1.165) is 16.5 Å². The molecule has 0 aliphatic heterocycles. The molecule has 2 rings (SSSR count). The monoisotopic (exact) mass is 189 g/mol. The van der Waals surface area contributed by atoms with E-state index in [0.29, 0.717) is 0 Å². The molecule has 2 nitrogen and oxygen atoms in total. The highest BCUT2D eigenvalue weighted by Crippen LogP contribution is 2.12. The number of rotatable bonds is 1. The van der Waals surface area contributed by atoms with Gasteiger partial charge in [-0.3, -0.25) is 4.79 Å². The zero-order valence-electron chi connectivity index (χ0n) is 8.37. The van der Waals surface area contributed by atoms with Crippen LogP contribution in [0.2, 0.25) is 0 Å². The molecular weight excluding hydrogens is 174 g/mol. The molecule has 0 fully saturated rings. The number of fused-ring (bicyclic) bond motifs is 1. The minimum Gasteiger partial charge on any atom is -0.361 e. The molecule has 1 aromatic heterocycles. The second-order valence-electron chi connectivity index (χ2n) is 3.77. The van der Waals surface area contributed by atoms with Gasteiger partial charge in [-0.05, 0) is 18.1 Å². The van der Waals surface area contributed by atoms with Gasteiger partial charge in [-0.2, -0.15) is 0 Å². The number of aromatic amines is 1. The zero-order valence-corrected chi connectivity index (χ0v) is 8.37. The molecule has 0 bridgehead atoms. The Bertz CT molecular complexity index is 516. The Morgan fingerprint density at radius 3 is 2.71 bits per heavy atom. The van der Waals surface area contributed by atoms with Crippen LogP contribution in [0, 0.1) is 0 Å². The van der Waals surface area contributed by atoms with Gasteiger partial charge in [0.1, 0.15) is 0 Å². The highest BCUT2D eigenvalue weighted by molar-refractivity contribution is 5.78. The van der Waals surface area contributed by atoms with Gasteiger partial charge in [-0.15, -0.1) is 0 Å². The topological polar surface area (TPSA) is 32.9 Å². The van der Waals surface area contributed by atoms with Gasteiger partial charge in [-0.25, -0.2) is 0 Å². The molecule has 1 aromatic carbocycles. The van der Waals surface area contributed by atoms with Crippen molar-refractivity contribution < 1.29 is 1.43 Å². The van der Waals surface area contributed by atoms with Crippen molar-refractivity contribution in [3.05, 3.63) is 46.2 Å². The van der Waals surface area contributed by atoms with Gasteiger partial charge in [0.25, 0.3) is 0 Å². The van der Waals surface area contributed by atoms with Crippen molar-refractivity contribution in [3.63, 3.8) is 0 Å². The van der Waals surface area contributed by atoms with Gasteiger partial charge in [0, 0.05) is 24.1 Å². The number of benzene rings is 1. The molecule has 0 amide bonds. The fourth-order valence-electron chi connectivity index (χ4n) is 1.61. The number of hydrogen-bond donors (Lipinski definition) is 1. The van der Waals surface area contributed by atoms with Crippen LogP contribution in [-0.4, -0.2) is 4.98 Å². The Morgan fingerprint density at radius 2 is 2.00 bits per heavy atom. The van der Waals surface area contributed by atoms with Crippen molar-refractivity contribution in [1.82, 2.24) is 4.98 Å². The molecule has 14 heavy (non-hydrogen) atoms. The maximum absolute atomic E-state index is 11.9. The Labute approximate surface area is 84.1 Å². The van der Waals surface area contributed by atoms with Gasteiger partial charge in [-0.1, -0.05) is 26.0 Å². The van der Waals surface area contributed by atoms with Gasteiger partial charge in [0.15, 0.2) is 5.43 Å². The molecule has 0 atom stereocenters. The molecule has 0 radical (unpaired) electrons. The molecule has 2 heteroatoms. The molecule has 0 aliphatic carbocycles. The molecule has 0 spiro atoms. The number of pyridine rings is 1. The van der Waals surface area contributed by atoms with Gasteiger partial charge in [0.05, 0.1) is 0 Å². The summed E-state index contributed by atoms with van der Waals surface area (Å²) in [6, 6.07) is 7.59. The lowest BCUT2D eigenvalue weighted by Crippen LogP contribution is -2.11. The van der Waals surface area contributed by atoms with E-state index in [1.165, 1.54) is 0 Å². The number of nitrogens with one attached hydrogen (secondary N) is 1. The zero-order chi connectivity index (χ0) is 10.1. The Kier molecular flexibility index (Phi) is 2.12. The fraction of sp³-hybridized carbons (Fsp3) is 0.250. The predicted octanol–water partition coefficient (Wildman–Crippen LogP) is 2.90. The second-order valence-corrected chi connectivity index (χ2v) is 3.77. The van der Waals surface area contributed by atoms with Crippen LogP contribution in [0.3, 0.4) is 0 Å². The van der Waals surface area contributed by atoms with E-state index in [1.54, 1.807) is 0 Å². The number of H-pyrrole nitrogens is 1. The van der Waals surface area contributed by atoms with Crippen LogP contribution in [0.5, 0.6) is 0 Å². The smallest absolute Gasteiger partial charge is 0.192 e. The molecule has 0 unspecified atom stereocenters. The Balaban J connectivity index is 0.00000112. The summed E-state index contributed by atoms with van der Waals surface area (Å²) in [7, 11) is 0. The summed E-state index contributed by atoms with van der Waals surface area (Å²) in [5.41, 5.74) is 1.90. The van der Waals surface area contributed by atoms with E-state index < -0.39 is 0 Å². The van der Waals surface area contributed by atoms with Gasteiger partial charge >= 0.3 is 0 Å². The summed E-state index contributed by atoms with van der Waals surface area (Å²) in [4.78, 5) is 15.1. The SMILES string of the molecule is CC(C)c1c[nH]c2ccccc2c1=O.[HH]. The lowest BCUT2D eigenvalue weighted by molar-refractivity contribution is 0.853. The van der Waals surface area contributed by atoms with E-state index >= 15 is 0 Å². The summed E-state index contributed by atoms with van der Waals surface area (Å²) >= 11 is 0. The van der Waals surface area contributed by atoms with E-state index in [-0.39, 0.29) is 12.8 Å². The fourth-order valence-corrected chi connectivity index (χ4v) is 1.61. The maximum atomic E-state index is 11.9. The summed E-state index contributed by atoms with van der Waals surface area (Å²) in [5, 5.41) is 0.777. The number of para-hydroxylation sites is 1. The largest absolute Gasteiger partial charge is 0.361 e. The minimum absolute atomic E-state index is 0. The van der Waals surface area contributed by atoms with Crippen LogP contribution in [0.1, 0.15) is 26.8 Å². The molecular formula is C12H15NO. The van der Waals surface area contributed by atoms with Crippen LogP contribution in [-0.2, 0) is 0 Å². The summed E-state index contributed by atoms with van der Waals surface area (Å²) in [6.45, 7) is 4.05. The van der Waals surface area contributed by atoms with Gasteiger partial charge < -0.3 is 4.98 Å².